The highest BCUT2D eigenvalue weighted by molar-refractivity contribution is 5.91. The Morgan fingerprint density at radius 3 is 2.83 bits per heavy atom. The smallest absolute Gasteiger partial charge is 0.150 e. The molecule has 2 heterocycles. The lowest BCUT2D eigenvalue weighted by Gasteiger charge is -2.08. The highest BCUT2D eigenvalue weighted by Gasteiger charge is 2.15. The number of hydrogen-bond donors (Lipinski definition) is 3. The Kier molecular flexibility index (Phi) is 3.85. The van der Waals surface area contributed by atoms with Crippen LogP contribution in [0.1, 0.15) is 22.6 Å². The van der Waals surface area contributed by atoms with E-state index in [9.17, 15) is 4.79 Å². The van der Waals surface area contributed by atoms with Crippen LogP contribution in [0.25, 0.3) is 22.3 Å². The van der Waals surface area contributed by atoms with E-state index in [1.807, 2.05) is 25.0 Å². The van der Waals surface area contributed by atoms with Crippen LogP contribution in [0, 0.1) is 6.92 Å². The van der Waals surface area contributed by atoms with Gasteiger partial charge in [-0.2, -0.15) is 0 Å². The molecule has 0 saturated heterocycles. The van der Waals surface area contributed by atoms with Crippen molar-refractivity contribution in [3.05, 3.63) is 53.8 Å². The minimum absolute atomic E-state index is 0.356. The third-order valence-corrected chi connectivity index (χ3v) is 3.78. The van der Waals surface area contributed by atoms with Crippen LogP contribution in [0.3, 0.4) is 0 Å². The van der Waals surface area contributed by atoms with Crippen LogP contribution in [0.2, 0.25) is 0 Å². The zero-order valence-electron chi connectivity index (χ0n) is 13.3. The molecule has 3 aromatic rings. The maximum atomic E-state index is 11.0. The molecular weight excluding hydrogens is 304 g/mol. The third kappa shape index (κ3) is 2.53. The summed E-state index contributed by atoms with van der Waals surface area (Å²) in [6.07, 6.45) is 1.41. The van der Waals surface area contributed by atoms with Crippen molar-refractivity contribution >= 4 is 34.1 Å². The summed E-state index contributed by atoms with van der Waals surface area (Å²) < 4.78 is 0. The maximum Gasteiger partial charge on any atom is 0.150 e. The number of carbonyl (C=O) groups excluding carboxylic acids is 1. The van der Waals surface area contributed by atoms with Gasteiger partial charge in [0.15, 0.2) is 5.94 Å². The van der Waals surface area contributed by atoms with Gasteiger partial charge in [-0.15, -0.1) is 0 Å². The number of fused-ring (bicyclic) bond motifs is 1. The maximum absolute atomic E-state index is 11.0. The van der Waals surface area contributed by atoms with Gasteiger partial charge in [0.1, 0.15) is 23.7 Å². The lowest BCUT2D eigenvalue weighted by Crippen LogP contribution is -2.04. The van der Waals surface area contributed by atoms with E-state index >= 15 is 0 Å². The average Bonchev–Trinajstić information content (AvgIpc) is 2.99. The summed E-state index contributed by atoms with van der Waals surface area (Å²) in [5.41, 5.74) is 10.6. The quantitative estimate of drug-likeness (QED) is 0.631. The van der Waals surface area contributed by atoms with Crippen LogP contribution in [-0.4, -0.2) is 32.9 Å². The number of aromatic amines is 1. The first-order valence-corrected chi connectivity index (χ1v) is 7.25. The fourth-order valence-electron chi connectivity index (χ4n) is 2.55. The van der Waals surface area contributed by atoms with Gasteiger partial charge in [0.25, 0.3) is 0 Å². The number of anilines is 1. The molecule has 0 spiro atoms. The number of nitrogen functional groups attached to an aromatic ring is 1. The standard InChI is InChI=1S/C17H16N6O/c1-9(15-10(2)20-8-21-16(15)18)17-22-12-5-4-11(6-13(12)23-17)14(7-24)19-3/h4-6,8,19H,1H2,2-3H3,(H,22,23)(H2,18,20,21). The van der Waals surface area contributed by atoms with Crippen LogP contribution >= 0.6 is 0 Å². The number of hydrogen-bond acceptors (Lipinski definition) is 6. The molecule has 0 radical (unpaired) electrons. The number of nitrogens with two attached hydrogens (primary N) is 1. The van der Waals surface area contributed by atoms with Gasteiger partial charge in [-0.25, -0.2) is 19.7 Å². The summed E-state index contributed by atoms with van der Waals surface area (Å²) in [7, 11) is 1.67. The second kappa shape index (κ2) is 5.98. The topological polar surface area (TPSA) is 110 Å². The van der Waals surface area contributed by atoms with Crippen LogP contribution in [0.5, 0.6) is 0 Å². The van der Waals surface area contributed by atoms with E-state index in [1.54, 1.807) is 13.1 Å². The minimum Gasteiger partial charge on any atom is -0.383 e. The number of benzene rings is 1. The Labute approximate surface area is 138 Å². The Hall–Kier alpha value is -3.44. The second-order valence-electron chi connectivity index (χ2n) is 5.24. The SMILES string of the molecule is C=C(c1nc2ccc(C(=C=O)NC)cc2[nH]1)c1c(C)ncnc1N. The van der Waals surface area contributed by atoms with Gasteiger partial charge < -0.3 is 16.0 Å². The fourth-order valence-corrected chi connectivity index (χ4v) is 2.55. The molecule has 0 aliphatic heterocycles. The largest absolute Gasteiger partial charge is 0.383 e. The molecule has 2 aromatic heterocycles. The van der Waals surface area contributed by atoms with Gasteiger partial charge in [0.2, 0.25) is 0 Å². The van der Waals surface area contributed by atoms with Gasteiger partial charge >= 0.3 is 0 Å². The highest BCUT2D eigenvalue weighted by atomic mass is 16.1. The Balaban J connectivity index is 2.08. The summed E-state index contributed by atoms with van der Waals surface area (Å²) in [6, 6.07) is 5.45. The Morgan fingerprint density at radius 2 is 2.17 bits per heavy atom. The summed E-state index contributed by atoms with van der Waals surface area (Å²) >= 11 is 0. The van der Waals surface area contributed by atoms with E-state index in [-0.39, 0.29) is 0 Å². The van der Waals surface area contributed by atoms with Crippen LogP contribution < -0.4 is 11.1 Å². The molecule has 0 bridgehead atoms. The lowest BCUT2D eigenvalue weighted by atomic mass is 10.1. The molecule has 0 unspecified atom stereocenters. The summed E-state index contributed by atoms with van der Waals surface area (Å²) in [6.45, 7) is 5.91. The van der Waals surface area contributed by atoms with E-state index in [0.717, 1.165) is 22.3 Å². The number of nitrogens with zero attached hydrogens (tertiary/aromatic N) is 3. The fraction of sp³-hybridized carbons (Fsp3) is 0.118. The highest BCUT2D eigenvalue weighted by Crippen LogP contribution is 2.27. The van der Waals surface area contributed by atoms with Gasteiger partial charge in [0, 0.05) is 23.7 Å². The summed E-state index contributed by atoms with van der Waals surface area (Å²) in [4.78, 5) is 26.8. The summed E-state index contributed by atoms with van der Waals surface area (Å²) in [5, 5.41) is 2.81. The van der Waals surface area contributed by atoms with Crippen molar-refractivity contribution in [2.24, 2.45) is 0 Å². The van der Waals surface area contributed by atoms with Gasteiger partial charge in [-0.1, -0.05) is 6.58 Å². The first kappa shape index (κ1) is 15.5. The molecule has 0 fully saturated rings. The van der Waals surface area contributed by atoms with Crippen LogP contribution in [0.4, 0.5) is 5.82 Å². The van der Waals surface area contributed by atoms with Crippen molar-refractivity contribution < 1.29 is 4.79 Å². The number of imidazole rings is 1. The molecule has 0 aliphatic rings. The Morgan fingerprint density at radius 1 is 1.38 bits per heavy atom. The monoisotopic (exact) mass is 320 g/mol. The zero-order chi connectivity index (χ0) is 17.3. The minimum atomic E-state index is 0.356. The number of rotatable bonds is 4. The molecule has 0 atom stereocenters. The number of H-pyrrole nitrogens is 1. The predicted octanol–water partition coefficient (Wildman–Crippen LogP) is 1.70. The van der Waals surface area contributed by atoms with Crippen molar-refractivity contribution in [1.29, 1.82) is 0 Å². The van der Waals surface area contributed by atoms with Crippen molar-refractivity contribution in [2.75, 3.05) is 12.8 Å². The zero-order valence-corrected chi connectivity index (χ0v) is 13.3. The molecule has 24 heavy (non-hydrogen) atoms. The van der Waals surface area contributed by atoms with Crippen LogP contribution in [0.15, 0.2) is 31.1 Å². The van der Waals surface area contributed by atoms with E-state index < -0.39 is 0 Å². The summed E-state index contributed by atoms with van der Waals surface area (Å²) in [5.74, 6) is 2.81. The van der Waals surface area contributed by atoms with Crippen molar-refractivity contribution in [1.82, 2.24) is 25.3 Å². The molecule has 1 aromatic carbocycles. The molecule has 4 N–H and O–H groups in total. The van der Waals surface area contributed by atoms with E-state index in [2.05, 4.69) is 31.8 Å². The molecule has 7 nitrogen and oxygen atoms in total. The third-order valence-electron chi connectivity index (χ3n) is 3.78. The van der Waals surface area contributed by atoms with E-state index in [0.29, 0.717) is 28.5 Å². The molecule has 0 aliphatic carbocycles. The van der Waals surface area contributed by atoms with E-state index in [4.69, 9.17) is 5.73 Å². The van der Waals surface area contributed by atoms with Crippen molar-refractivity contribution in [2.45, 2.75) is 6.92 Å². The molecule has 0 amide bonds. The Bertz CT molecular complexity index is 977. The number of aryl methyl sites for hydroxylation is 1. The first-order chi connectivity index (χ1) is 11.5. The molecular formula is C17H16N6O. The second-order valence-corrected chi connectivity index (χ2v) is 5.24. The molecule has 3 rings (SSSR count). The van der Waals surface area contributed by atoms with Gasteiger partial charge in [-0.3, -0.25) is 0 Å². The predicted molar refractivity (Wildman–Crippen MR) is 93.6 cm³/mol. The van der Waals surface area contributed by atoms with Gasteiger partial charge in [0.05, 0.1) is 16.7 Å². The first-order valence-electron chi connectivity index (χ1n) is 7.25. The lowest BCUT2D eigenvalue weighted by molar-refractivity contribution is 0.568. The van der Waals surface area contributed by atoms with E-state index in [1.165, 1.54) is 6.33 Å². The molecule has 0 saturated carbocycles. The molecule has 120 valence electrons. The average molecular weight is 320 g/mol. The number of aromatic nitrogens is 4. The number of nitrogens with one attached hydrogen (secondary N) is 2. The normalized spacial score (nSPS) is 10.4. The van der Waals surface area contributed by atoms with Crippen LogP contribution in [-0.2, 0) is 4.79 Å². The van der Waals surface area contributed by atoms with Crippen molar-refractivity contribution in [3.8, 4) is 0 Å². The van der Waals surface area contributed by atoms with Gasteiger partial charge in [-0.05, 0) is 25.1 Å². The molecule has 7 heteroatoms. The van der Waals surface area contributed by atoms with Crippen molar-refractivity contribution in [3.63, 3.8) is 0 Å².